The van der Waals surface area contributed by atoms with Gasteiger partial charge in [-0.15, -0.1) is 0 Å². The third-order valence-corrected chi connectivity index (χ3v) is 3.29. The van der Waals surface area contributed by atoms with Crippen molar-refractivity contribution in [3.63, 3.8) is 0 Å². The molecule has 2 aromatic heterocycles. The van der Waals surface area contributed by atoms with Gasteiger partial charge in [0, 0.05) is 13.6 Å². The zero-order valence-corrected chi connectivity index (χ0v) is 10.1. The predicted molar refractivity (Wildman–Crippen MR) is 64.3 cm³/mol. The normalized spacial score (nSPS) is 10.6. The Morgan fingerprint density at radius 3 is 2.80 bits per heavy atom. The molecule has 2 rings (SSSR count). The van der Waals surface area contributed by atoms with Gasteiger partial charge in [-0.3, -0.25) is 4.68 Å². The average molecular weight is 221 g/mol. The van der Waals surface area contributed by atoms with Gasteiger partial charge in [0.15, 0.2) is 0 Å². The van der Waals surface area contributed by atoms with Gasteiger partial charge in [0.1, 0.15) is 0 Å². The van der Waals surface area contributed by atoms with E-state index in [2.05, 4.69) is 34.2 Å². The molecule has 0 fully saturated rings. The van der Waals surface area contributed by atoms with Crippen LogP contribution >= 0.6 is 11.3 Å². The van der Waals surface area contributed by atoms with E-state index in [4.69, 9.17) is 0 Å². The molecule has 0 saturated carbocycles. The molecule has 0 unspecified atom stereocenters. The van der Waals surface area contributed by atoms with Crippen LogP contribution < -0.4 is 5.32 Å². The van der Waals surface area contributed by atoms with Crippen LogP contribution in [-0.2, 0) is 13.6 Å². The SMILES string of the molecule is Cc1nn(C)c(C)c1NCc1ccsc1. The molecule has 1 N–H and O–H groups in total. The van der Waals surface area contributed by atoms with E-state index in [1.165, 1.54) is 11.3 Å². The van der Waals surface area contributed by atoms with Crippen molar-refractivity contribution in [2.24, 2.45) is 7.05 Å². The summed E-state index contributed by atoms with van der Waals surface area (Å²) in [6, 6.07) is 2.14. The topological polar surface area (TPSA) is 29.9 Å². The van der Waals surface area contributed by atoms with E-state index in [9.17, 15) is 0 Å². The molecule has 0 aliphatic heterocycles. The van der Waals surface area contributed by atoms with Crippen molar-refractivity contribution in [2.75, 3.05) is 5.32 Å². The van der Waals surface area contributed by atoms with Crippen molar-refractivity contribution < 1.29 is 0 Å². The smallest absolute Gasteiger partial charge is 0.0827 e. The quantitative estimate of drug-likeness (QED) is 0.863. The van der Waals surface area contributed by atoms with Crippen LogP contribution in [-0.4, -0.2) is 9.78 Å². The van der Waals surface area contributed by atoms with Crippen LogP contribution in [0, 0.1) is 13.8 Å². The summed E-state index contributed by atoms with van der Waals surface area (Å²) in [6.07, 6.45) is 0. The third kappa shape index (κ3) is 2.04. The first kappa shape index (κ1) is 10.2. The summed E-state index contributed by atoms with van der Waals surface area (Å²) in [5.41, 5.74) is 4.72. The molecule has 0 amide bonds. The largest absolute Gasteiger partial charge is 0.378 e. The van der Waals surface area contributed by atoms with E-state index in [1.54, 1.807) is 11.3 Å². The lowest BCUT2D eigenvalue weighted by molar-refractivity contribution is 0.731. The number of rotatable bonds is 3. The molecule has 0 bridgehead atoms. The highest BCUT2D eigenvalue weighted by Crippen LogP contribution is 2.19. The first-order chi connectivity index (χ1) is 7.18. The Kier molecular flexibility index (Phi) is 2.77. The monoisotopic (exact) mass is 221 g/mol. The minimum absolute atomic E-state index is 0.872. The summed E-state index contributed by atoms with van der Waals surface area (Å²) in [7, 11) is 1.97. The molecule has 0 atom stereocenters. The van der Waals surface area contributed by atoms with Crippen molar-refractivity contribution in [1.82, 2.24) is 9.78 Å². The predicted octanol–water partition coefficient (Wildman–Crippen LogP) is 2.71. The van der Waals surface area contributed by atoms with Crippen molar-refractivity contribution in [1.29, 1.82) is 0 Å². The Hall–Kier alpha value is -1.29. The summed E-state index contributed by atoms with van der Waals surface area (Å²) >= 11 is 1.73. The number of aromatic nitrogens is 2. The Labute approximate surface area is 93.7 Å². The van der Waals surface area contributed by atoms with E-state index in [0.717, 1.165) is 17.9 Å². The number of nitrogens with one attached hydrogen (secondary N) is 1. The maximum atomic E-state index is 4.37. The maximum absolute atomic E-state index is 4.37. The second-order valence-corrected chi connectivity index (χ2v) is 4.43. The molecule has 0 spiro atoms. The summed E-state index contributed by atoms with van der Waals surface area (Å²) < 4.78 is 1.91. The van der Waals surface area contributed by atoms with Gasteiger partial charge in [0.25, 0.3) is 0 Å². The van der Waals surface area contributed by atoms with Gasteiger partial charge in [-0.2, -0.15) is 16.4 Å². The Morgan fingerprint density at radius 1 is 1.47 bits per heavy atom. The van der Waals surface area contributed by atoms with Crippen LogP contribution in [0.2, 0.25) is 0 Å². The van der Waals surface area contributed by atoms with E-state index in [-0.39, 0.29) is 0 Å². The fourth-order valence-corrected chi connectivity index (χ4v) is 2.28. The van der Waals surface area contributed by atoms with Crippen molar-refractivity contribution in [2.45, 2.75) is 20.4 Å². The molecule has 4 heteroatoms. The van der Waals surface area contributed by atoms with Gasteiger partial charge in [0.2, 0.25) is 0 Å². The lowest BCUT2D eigenvalue weighted by atomic mass is 10.3. The van der Waals surface area contributed by atoms with E-state index < -0.39 is 0 Å². The van der Waals surface area contributed by atoms with Crippen molar-refractivity contribution in [3.05, 3.63) is 33.8 Å². The molecule has 2 heterocycles. The van der Waals surface area contributed by atoms with Gasteiger partial charge < -0.3 is 5.32 Å². The Morgan fingerprint density at radius 2 is 2.27 bits per heavy atom. The van der Waals surface area contributed by atoms with Gasteiger partial charge in [-0.25, -0.2) is 0 Å². The van der Waals surface area contributed by atoms with Crippen LogP contribution in [0.25, 0.3) is 0 Å². The summed E-state index contributed by atoms with van der Waals surface area (Å²) in [6.45, 7) is 4.98. The summed E-state index contributed by atoms with van der Waals surface area (Å²) in [4.78, 5) is 0. The van der Waals surface area contributed by atoms with Gasteiger partial charge in [-0.05, 0) is 36.2 Å². The van der Waals surface area contributed by atoms with Crippen LogP contribution in [0.4, 0.5) is 5.69 Å². The first-order valence-corrected chi connectivity index (χ1v) is 5.88. The molecular weight excluding hydrogens is 206 g/mol. The van der Waals surface area contributed by atoms with Crippen molar-refractivity contribution in [3.8, 4) is 0 Å². The molecule has 15 heavy (non-hydrogen) atoms. The molecule has 0 radical (unpaired) electrons. The molecule has 80 valence electrons. The Balaban J connectivity index is 2.11. The van der Waals surface area contributed by atoms with Crippen molar-refractivity contribution >= 4 is 17.0 Å². The molecular formula is C11H15N3S. The van der Waals surface area contributed by atoms with E-state index in [0.29, 0.717) is 0 Å². The zero-order valence-electron chi connectivity index (χ0n) is 9.24. The highest BCUT2D eigenvalue weighted by atomic mass is 32.1. The van der Waals surface area contributed by atoms with Gasteiger partial charge in [0.05, 0.1) is 17.1 Å². The summed E-state index contributed by atoms with van der Waals surface area (Å²) in [5.74, 6) is 0. The molecule has 0 aliphatic rings. The van der Waals surface area contributed by atoms with Gasteiger partial charge in [-0.1, -0.05) is 0 Å². The number of nitrogens with zero attached hydrogens (tertiary/aromatic N) is 2. The second-order valence-electron chi connectivity index (χ2n) is 3.65. The Bertz CT molecular complexity index is 443. The second kappa shape index (κ2) is 4.06. The molecule has 2 aromatic rings. The standard InChI is InChI=1S/C11H15N3S/c1-8-11(9(2)14(3)13-8)12-6-10-4-5-15-7-10/h4-5,7,12H,6H2,1-3H3. The highest BCUT2D eigenvalue weighted by Gasteiger charge is 2.08. The first-order valence-electron chi connectivity index (χ1n) is 4.93. The van der Waals surface area contributed by atoms with Crippen LogP contribution in [0.1, 0.15) is 17.0 Å². The average Bonchev–Trinajstić information content (AvgIpc) is 2.76. The van der Waals surface area contributed by atoms with E-state index >= 15 is 0 Å². The highest BCUT2D eigenvalue weighted by molar-refractivity contribution is 7.07. The third-order valence-electron chi connectivity index (χ3n) is 2.56. The molecule has 0 aliphatic carbocycles. The zero-order chi connectivity index (χ0) is 10.8. The number of hydrogen-bond donors (Lipinski definition) is 1. The van der Waals surface area contributed by atoms with Gasteiger partial charge >= 0.3 is 0 Å². The number of thiophene rings is 1. The van der Waals surface area contributed by atoms with Crippen LogP contribution in [0.15, 0.2) is 16.8 Å². The summed E-state index contributed by atoms with van der Waals surface area (Å²) in [5, 5.41) is 12.1. The number of anilines is 1. The molecule has 0 aromatic carbocycles. The lowest BCUT2D eigenvalue weighted by Crippen LogP contribution is -2.00. The fourth-order valence-electron chi connectivity index (χ4n) is 1.61. The van der Waals surface area contributed by atoms with Crippen LogP contribution in [0.5, 0.6) is 0 Å². The van der Waals surface area contributed by atoms with Crippen LogP contribution in [0.3, 0.4) is 0 Å². The molecule has 3 nitrogen and oxygen atoms in total. The number of aryl methyl sites for hydroxylation is 2. The minimum atomic E-state index is 0.872. The van der Waals surface area contributed by atoms with E-state index in [1.807, 2.05) is 18.7 Å². The fraction of sp³-hybridized carbons (Fsp3) is 0.364. The minimum Gasteiger partial charge on any atom is -0.378 e. The molecule has 0 saturated heterocycles. The lowest BCUT2D eigenvalue weighted by Gasteiger charge is -2.05. The maximum Gasteiger partial charge on any atom is 0.0827 e. The number of hydrogen-bond acceptors (Lipinski definition) is 3.